The molecule has 110 valence electrons. The van der Waals surface area contributed by atoms with Gasteiger partial charge in [-0.3, -0.25) is 0 Å². The first kappa shape index (κ1) is 15.2. The average Bonchev–Trinajstić information content (AvgIpc) is 2.84. The first-order valence-electron chi connectivity index (χ1n) is 8.37. The molecule has 0 spiro atoms. The summed E-state index contributed by atoms with van der Waals surface area (Å²) in [5.74, 6) is 0. The van der Waals surface area contributed by atoms with E-state index in [2.05, 4.69) is 48.9 Å². The molecule has 20 heavy (non-hydrogen) atoms. The van der Waals surface area contributed by atoms with Crippen LogP contribution in [-0.2, 0) is 6.54 Å². The lowest BCUT2D eigenvalue weighted by Crippen LogP contribution is -1.96. The van der Waals surface area contributed by atoms with Gasteiger partial charge in [-0.1, -0.05) is 63.5 Å². The van der Waals surface area contributed by atoms with E-state index in [0.29, 0.717) is 0 Å². The molecule has 0 fully saturated rings. The van der Waals surface area contributed by atoms with Crippen LogP contribution in [0.15, 0.2) is 30.5 Å². The Morgan fingerprint density at radius 3 is 2.30 bits per heavy atom. The van der Waals surface area contributed by atoms with Crippen molar-refractivity contribution < 1.29 is 0 Å². The molecule has 1 heteroatoms. The van der Waals surface area contributed by atoms with Crippen molar-refractivity contribution >= 4 is 10.9 Å². The Hall–Kier alpha value is -1.24. The van der Waals surface area contributed by atoms with Gasteiger partial charge in [-0.25, -0.2) is 0 Å². The molecule has 0 saturated carbocycles. The zero-order chi connectivity index (χ0) is 14.2. The maximum atomic E-state index is 2.41. The van der Waals surface area contributed by atoms with Crippen LogP contribution >= 0.6 is 0 Å². The van der Waals surface area contributed by atoms with E-state index in [4.69, 9.17) is 0 Å². The summed E-state index contributed by atoms with van der Waals surface area (Å²) >= 11 is 0. The van der Waals surface area contributed by atoms with Crippen LogP contribution < -0.4 is 0 Å². The minimum Gasteiger partial charge on any atom is -0.347 e. The fourth-order valence-electron chi connectivity index (χ4n) is 2.93. The molecule has 1 heterocycles. The zero-order valence-corrected chi connectivity index (χ0v) is 13.2. The number of unbranched alkanes of at least 4 members (excludes halogenated alkanes) is 7. The molecular weight excluding hydrogens is 242 g/mol. The van der Waals surface area contributed by atoms with E-state index in [9.17, 15) is 0 Å². The van der Waals surface area contributed by atoms with Crippen molar-refractivity contribution in [2.24, 2.45) is 0 Å². The minimum atomic E-state index is 1.17. The SMILES string of the molecule is CCCCCCCCCCn1ccc2cc(C)ccc21. The van der Waals surface area contributed by atoms with E-state index >= 15 is 0 Å². The predicted molar refractivity (Wildman–Crippen MR) is 89.3 cm³/mol. The first-order valence-corrected chi connectivity index (χ1v) is 8.37. The van der Waals surface area contributed by atoms with Crippen molar-refractivity contribution in [1.29, 1.82) is 0 Å². The van der Waals surface area contributed by atoms with Gasteiger partial charge >= 0.3 is 0 Å². The standard InChI is InChI=1S/C19H29N/c1-3-4-5-6-7-8-9-10-14-20-15-13-18-16-17(2)11-12-19(18)20/h11-13,15-16H,3-10,14H2,1-2H3. The third-order valence-corrected chi connectivity index (χ3v) is 4.18. The highest BCUT2D eigenvalue weighted by molar-refractivity contribution is 5.80. The van der Waals surface area contributed by atoms with Crippen molar-refractivity contribution in [3.05, 3.63) is 36.0 Å². The molecule has 0 bridgehead atoms. The van der Waals surface area contributed by atoms with Crippen LogP contribution in [0.2, 0.25) is 0 Å². The Balaban J connectivity index is 1.68. The molecule has 0 amide bonds. The molecule has 0 atom stereocenters. The number of aromatic nitrogens is 1. The third kappa shape index (κ3) is 4.40. The number of hydrogen-bond donors (Lipinski definition) is 0. The molecule has 2 aromatic rings. The van der Waals surface area contributed by atoms with E-state index in [0.717, 1.165) is 0 Å². The second kappa shape index (κ2) is 8.14. The highest BCUT2D eigenvalue weighted by atomic mass is 14.9. The van der Waals surface area contributed by atoms with Crippen LogP contribution in [0.1, 0.15) is 63.9 Å². The monoisotopic (exact) mass is 271 g/mol. The summed E-state index contributed by atoms with van der Waals surface area (Å²) in [5, 5.41) is 1.38. The van der Waals surface area contributed by atoms with Gasteiger partial charge in [0, 0.05) is 18.3 Å². The Bertz CT molecular complexity index is 509. The third-order valence-electron chi connectivity index (χ3n) is 4.18. The van der Waals surface area contributed by atoms with Crippen LogP contribution in [0, 0.1) is 6.92 Å². The van der Waals surface area contributed by atoms with Gasteiger partial charge in [0.2, 0.25) is 0 Å². The maximum absolute atomic E-state index is 2.41. The molecule has 1 nitrogen and oxygen atoms in total. The summed E-state index contributed by atoms with van der Waals surface area (Å²) in [6.45, 7) is 5.61. The lowest BCUT2D eigenvalue weighted by Gasteiger charge is -2.06. The van der Waals surface area contributed by atoms with Gasteiger partial charge in [-0.05, 0) is 36.9 Å². The highest BCUT2D eigenvalue weighted by Crippen LogP contribution is 2.18. The summed E-state index contributed by atoms with van der Waals surface area (Å²) in [5.41, 5.74) is 2.74. The second-order valence-electron chi connectivity index (χ2n) is 6.05. The molecule has 0 saturated heterocycles. The summed E-state index contributed by atoms with van der Waals surface area (Å²) in [6, 6.07) is 8.99. The van der Waals surface area contributed by atoms with Gasteiger partial charge in [-0.2, -0.15) is 0 Å². The molecule has 2 rings (SSSR count). The van der Waals surface area contributed by atoms with E-state index in [-0.39, 0.29) is 0 Å². The molecule has 0 aliphatic heterocycles. The Morgan fingerprint density at radius 2 is 1.55 bits per heavy atom. The van der Waals surface area contributed by atoms with Gasteiger partial charge in [0.15, 0.2) is 0 Å². The maximum Gasteiger partial charge on any atom is 0.0480 e. The van der Waals surface area contributed by atoms with Crippen LogP contribution in [-0.4, -0.2) is 4.57 Å². The molecule has 0 unspecified atom stereocenters. The molecule has 0 aliphatic carbocycles. The largest absolute Gasteiger partial charge is 0.347 e. The lowest BCUT2D eigenvalue weighted by molar-refractivity contribution is 0.549. The topological polar surface area (TPSA) is 4.93 Å². The predicted octanol–water partition coefficient (Wildman–Crippen LogP) is 6.09. The van der Waals surface area contributed by atoms with Gasteiger partial charge in [0.25, 0.3) is 0 Å². The summed E-state index contributed by atoms with van der Waals surface area (Å²) < 4.78 is 2.41. The fourth-order valence-corrected chi connectivity index (χ4v) is 2.93. The number of hydrogen-bond acceptors (Lipinski definition) is 0. The van der Waals surface area contributed by atoms with Crippen LogP contribution in [0.4, 0.5) is 0 Å². The Labute approximate surface area is 124 Å². The Kier molecular flexibility index (Phi) is 6.17. The van der Waals surface area contributed by atoms with Gasteiger partial charge in [-0.15, -0.1) is 0 Å². The van der Waals surface area contributed by atoms with Crippen LogP contribution in [0.25, 0.3) is 10.9 Å². The summed E-state index contributed by atoms with van der Waals surface area (Å²) in [6.07, 6.45) is 13.4. The van der Waals surface area contributed by atoms with E-state index < -0.39 is 0 Å². The quantitative estimate of drug-likeness (QED) is 0.486. The van der Waals surface area contributed by atoms with E-state index in [1.54, 1.807) is 0 Å². The lowest BCUT2D eigenvalue weighted by atomic mass is 10.1. The normalized spacial score (nSPS) is 11.3. The average molecular weight is 271 g/mol. The van der Waals surface area contributed by atoms with Crippen molar-refractivity contribution in [1.82, 2.24) is 4.57 Å². The van der Waals surface area contributed by atoms with Crippen LogP contribution in [0.3, 0.4) is 0 Å². The van der Waals surface area contributed by atoms with Gasteiger partial charge < -0.3 is 4.57 Å². The van der Waals surface area contributed by atoms with Crippen molar-refractivity contribution in [2.75, 3.05) is 0 Å². The number of rotatable bonds is 9. The molecule has 1 aromatic carbocycles. The minimum absolute atomic E-state index is 1.17. The van der Waals surface area contributed by atoms with Gasteiger partial charge in [0.05, 0.1) is 0 Å². The molecule has 0 N–H and O–H groups in total. The highest BCUT2D eigenvalue weighted by Gasteiger charge is 2.00. The molecular formula is C19H29N. The van der Waals surface area contributed by atoms with Gasteiger partial charge in [0.1, 0.15) is 0 Å². The Morgan fingerprint density at radius 1 is 0.850 bits per heavy atom. The van der Waals surface area contributed by atoms with Crippen molar-refractivity contribution in [3.63, 3.8) is 0 Å². The summed E-state index contributed by atoms with van der Waals surface area (Å²) in [4.78, 5) is 0. The smallest absolute Gasteiger partial charge is 0.0480 e. The van der Waals surface area contributed by atoms with E-state index in [1.807, 2.05) is 0 Å². The number of nitrogens with zero attached hydrogens (tertiary/aromatic N) is 1. The first-order chi connectivity index (χ1) is 9.81. The van der Waals surface area contributed by atoms with Crippen LogP contribution in [0.5, 0.6) is 0 Å². The summed E-state index contributed by atoms with van der Waals surface area (Å²) in [7, 11) is 0. The second-order valence-corrected chi connectivity index (χ2v) is 6.05. The number of benzene rings is 1. The number of fused-ring (bicyclic) bond motifs is 1. The van der Waals surface area contributed by atoms with Crippen molar-refractivity contribution in [3.8, 4) is 0 Å². The molecule has 0 radical (unpaired) electrons. The molecule has 0 aliphatic rings. The fraction of sp³-hybridized carbons (Fsp3) is 0.579. The number of aryl methyl sites for hydroxylation is 2. The van der Waals surface area contributed by atoms with E-state index in [1.165, 1.54) is 74.4 Å². The zero-order valence-electron chi connectivity index (χ0n) is 13.2. The molecule has 1 aromatic heterocycles. The van der Waals surface area contributed by atoms with Crippen molar-refractivity contribution in [2.45, 2.75) is 71.8 Å².